The van der Waals surface area contributed by atoms with Gasteiger partial charge in [0, 0.05) is 11.3 Å². The van der Waals surface area contributed by atoms with Crippen molar-refractivity contribution in [1.29, 1.82) is 0 Å². The largest absolute Gasteiger partial charge is 0.544 e. The minimum Gasteiger partial charge on any atom is -0.544 e. The standard InChI is InChI=1S/C15H16BrN3O4S/c1-4-12-17-15(19-18-12)24-11(14(20)21)7-8-5-9(16)13(23-3)10(6-8)22-2/h5-7H,4H2,1-3H3,(H,20,21)(H,17,18,19)/p-1/b11-7+. The Bertz CT molecular complexity index is 776. The zero-order valence-corrected chi connectivity index (χ0v) is 15.7. The van der Waals surface area contributed by atoms with Crippen LogP contribution in [0.15, 0.2) is 26.7 Å². The molecule has 24 heavy (non-hydrogen) atoms. The second-order valence-corrected chi connectivity index (χ2v) is 6.42. The summed E-state index contributed by atoms with van der Waals surface area (Å²) in [4.78, 5) is 15.6. The Morgan fingerprint density at radius 3 is 2.71 bits per heavy atom. The smallest absolute Gasteiger partial charge is 0.213 e. The van der Waals surface area contributed by atoms with Crippen molar-refractivity contribution in [1.82, 2.24) is 15.2 Å². The van der Waals surface area contributed by atoms with Crippen molar-refractivity contribution < 1.29 is 19.4 Å². The van der Waals surface area contributed by atoms with Crippen LogP contribution in [0.5, 0.6) is 11.5 Å². The SMILES string of the molecule is CCc1nc(S/C(=C/c2cc(Br)c(OC)c(OC)c2)C(=O)[O-])n[nH]1. The van der Waals surface area contributed by atoms with Crippen LogP contribution in [0, 0.1) is 0 Å². The number of hydrogen-bond donors (Lipinski definition) is 1. The van der Waals surface area contributed by atoms with Crippen LogP contribution in [0.2, 0.25) is 0 Å². The van der Waals surface area contributed by atoms with Crippen LogP contribution in [-0.4, -0.2) is 35.4 Å². The molecule has 1 aromatic heterocycles. The number of carbonyl (C=O) groups excluding carboxylic acids is 1. The summed E-state index contributed by atoms with van der Waals surface area (Å²) < 4.78 is 11.1. The fourth-order valence-corrected chi connectivity index (χ4v) is 3.23. The number of carbonyl (C=O) groups is 1. The molecule has 0 aliphatic heterocycles. The van der Waals surface area contributed by atoms with Crippen LogP contribution < -0.4 is 14.6 Å². The molecule has 0 bridgehead atoms. The van der Waals surface area contributed by atoms with E-state index in [-0.39, 0.29) is 4.91 Å². The Hall–Kier alpha value is -2.00. The normalized spacial score (nSPS) is 11.4. The maximum Gasteiger partial charge on any atom is 0.213 e. The Labute approximate surface area is 151 Å². The number of H-pyrrole nitrogens is 1. The predicted octanol–water partition coefficient (Wildman–Crippen LogP) is 2.03. The van der Waals surface area contributed by atoms with E-state index in [0.29, 0.717) is 38.9 Å². The number of aromatic amines is 1. The van der Waals surface area contributed by atoms with Gasteiger partial charge in [-0.1, -0.05) is 6.92 Å². The number of methoxy groups -OCH3 is 2. The van der Waals surface area contributed by atoms with Crippen LogP contribution in [-0.2, 0) is 11.2 Å². The summed E-state index contributed by atoms with van der Waals surface area (Å²) >= 11 is 4.29. The Morgan fingerprint density at radius 2 is 2.17 bits per heavy atom. The maximum absolute atomic E-state index is 11.4. The first-order valence-corrected chi connectivity index (χ1v) is 8.53. The highest BCUT2D eigenvalue weighted by Crippen LogP contribution is 2.37. The number of carboxylic acid groups (broad SMARTS) is 1. The molecule has 128 valence electrons. The van der Waals surface area contributed by atoms with Gasteiger partial charge in [-0.2, -0.15) is 0 Å². The number of aliphatic carboxylic acids is 1. The molecule has 7 nitrogen and oxygen atoms in total. The number of carboxylic acids is 1. The van der Waals surface area contributed by atoms with Gasteiger partial charge in [-0.15, -0.1) is 5.10 Å². The van der Waals surface area contributed by atoms with Crippen LogP contribution in [0.3, 0.4) is 0 Å². The number of hydrogen-bond acceptors (Lipinski definition) is 7. The van der Waals surface area contributed by atoms with E-state index in [1.807, 2.05) is 6.92 Å². The highest BCUT2D eigenvalue weighted by atomic mass is 79.9. The molecule has 0 atom stereocenters. The number of benzene rings is 1. The molecule has 0 radical (unpaired) electrons. The molecule has 0 spiro atoms. The van der Waals surface area contributed by atoms with Crippen molar-refractivity contribution in [2.75, 3.05) is 14.2 Å². The summed E-state index contributed by atoms with van der Waals surface area (Å²) in [5.74, 6) is 0.378. The lowest BCUT2D eigenvalue weighted by Gasteiger charge is -2.11. The number of aromatic nitrogens is 3. The van der Waals surface area contributed by atoms with E-state index in [1.54, 1.807) is 12.1 Å². The molecule has 0 fully saturated rings. The van der Waals surface area contributed by atoms with Crippen molar-refractivity contribution in [2.24, 2.45) is 0 Å². The summed E-state index contributed by atoms with van der Waals surface area (Å²) in [6.07, 6.45) is 2.15. The predicted molar refractivity (Wildman–Crippen MR) is 91.8 cm³/mol. The van der Waals surface area contributed by atoms with Gasteiger partial charge in [-0.05, 0) is 51.5 Å². The van der Waals surface area contributed by atoms with Crippen molar-refractivity contribution in [3.8, 4) is 11.5 Å². The van der Waals surface area contributed by atoms with Gasteiger partial charge in [0.2, 0.25) is 5.16 Å². The highest BCUT2D eigenvalue weighted by Gasteiger charge is 2.12. The quantitative estimate of drug-likeness (QED) is 0.548. The van der Waals surface area contributed by atoms with Crippen molar-refractivity contribution >= 4 is 39.7 Å². The summed E-state index contributed by atoms with van der Waals surface area (Å²) in [6.45, 7) is 1.92. The van der Waals surface area contributed by atoms with Crippen molar-refractivity contribution in [3.63, 3.8) is 0 Å². The molecule has 0 unspecified atom stereocenters. The molecule has 0 amide bonds. The zero-order chi connectivity index (χ0) is 17.7. The van der Waals surface area contributed by atoms with Gasteiger partial charge in [-0.3, -0.25) is 5.10 Å². The monoisotopic (exact) mass is 412 g/mol. The molecular weight excluding hydrogens is 398 g/mol. The average Bonchev–Trinajstić information content (AvgIpc) is 3.01. The number of halogens is 1. The van der Waals surface area contributed by atoms with E-state index in [2.05, 4.69) is 31.1 Å². The molecule has 9 heteroatoms. The average molecular weight is 413 g/mol. The van der Waals surface area contributed by atoms with Gasteiger partial charge in [0.15, 0.2) is 11.5 Å². The van der Waals surface area contributed by atoms with E-state index < -0.39 is 5.97 Å². The Balaban J connectivity index is 2.37. The molecule has 0 saturated heterocycles. The number of nitrogens with one attached hydrogen (secondary N) is 1. The van der Waals surface area contributed by atoms with Gasteiger partial charge in [-0.25, -0.2) is 4.98 Å². The third-order valence-electron chi connectivity index (χ3n) is 3.00. The lowest BCUT2D eigenvalue weighted by atomic mass is 10.2. The number of thioether (sulfide) groups is 1. The first-order valence-electron chi connectivity index (χ1n) is 6.92. The third kappa shape index (κ3) is 4.30. The highest BCUT2D eigenvalue weighted by molar-refractivity contribution is 9.10. The molecule has 0 aliphatic rings. The minimum absolute atomic E-state index is 0.0178. The maximum atomic E-state index is 11.4. The number of ether oxygens (including phenoxy) is 2. The van der Waals surface area contributed by atoms with Gasteiger partial charge in [0.1, 0.15) is 5.82 Å². The lowest BCUT2D eigenvalue weighted by Crippen LogP contribution is -2.23. The van der Waals surface area contributed by atoms with Crippen LogP contribution >= 0.6 is 27.7 Å². The first-order chi connectivity index (χ1) is 11.5. The van der Waals surface area contributed by atoms with E-state index in [1.165, 1.54) is 20.3 Å². The zero-order valence-electron chi connectivity index (χ0n) is 13.3. The summed E-state index contributed by atoms with van der Waals surface area (Å²) in [5, 5.41) is 18.4. The topological polar surface area (TPSA) is 100 Å². The van der Waals surface area contributed by atoms with Gasteiger partial charge >= 0.3 is 0 Å². The molecule has 2 rings (SSSR count). The summed E-state index contributed by atoms with van der Waals surface area (Å²) in [5.41, 5.74) is 0.609. The first kappa shape index (κ1) is 18.3. The molecule has 1 N–H and O–H groups in total. The molecule has 0 saturated carbocycles. The van der Waals surface area contributed by atoms with Crippen LogP contribution in [0.25, 0.3) is 6.08 Å². The summed E-state index contributed by atoms with van der Waals surface area (Å²) in [7, 11) is 3.03. The van der Waals surface area contributed by atoms with Crippen LogP contribution in [0.1, 0.15) is 18.3 Å². The molecular formula is C15H15BrN3O4S-. The van der Waals surface area contributed by atoms with E-state index >= 15 is 0 Å². The number of aryl methyl sites for hydroxylation is 1. The van der Waals surface area contributed by atoms with Gasteiger partial charge in [0.05, 0.1) is 24.7 Å². The van der Waals surface area contributed by atoms with Crippen LogP contribution in [0.4, 0.5) is 0 Å². The number of rotatable bonds is 7. The van der Waals surface area contributed by atoms with Gasteiger partial charge < -0.3 is 19.4 Å². The Morgan fingerprint density at radius 1 is 1.42 bits per heavy atom. The second kappa shape index (κ2) is 8.20. The molecule has 1 aromatic carbocycles. The van der Waals surface area contributed by atoms with Crippen molar-refractivity contribution in [2.45, 2.75) is 18.5 Å². The second-order valence-electron chi connectivity index (χ2n) is 4.55. The van der Waals surface area contributed by atoms with Crippen molar-refractivity contribution in [3.05, 3.63) is 32.9 Å². The number of nitrogens with zero attached hydrogens (tertiary/aromatic N) is 2. The van der Waals surface area contributed by atoms with E-state index in [0.717, 1.165) is 11.8 Å². The molecule has 1 heterocycles. The fraction of sp³-hybridized carbons (Fsp3) is 0.267. The Kier molecular flexibility index (Phi) is 6.27. The molecule has 2 aromatic rings. The van der Waals surface area contributed by atoms with E-state index in [9.17, 15) is 9.90 Å². The fourth-order valence-electron chi connectivity index (χ4n) is 1.88. The molecule has 0 aliphatic carbocycles. The third-order valence-corrected chi connectivity index (χ3v) is 4.46. The van der Waals surface area contributed by atoms with E-state index in [4.69, 9.17) is 9.47 Å². The summed E-state index contributed by atoms with van der Waals surface area (Å²) in [6, 6.07) is 3.39. The lowest BCUT2D eigenvalue weighted by molar-refractivity contribution is -0.297. The van der Waals surface area contributed by atoms with Gasteiger partial charge in [0.25, 0.3) is 0 Å². The minimum atomic E-state index is -1.31.